The number of nitriles is 1. The van der Waals surface area contributed by atoms with Gasteiger partial charge in [-0.25, -0.2) is 14.8 Å². The minimum absolute atomic E-state index is 0.263. The van der Waals surface area contributed by atoms with Crippen LogP contribution in [0, 0.1) is 32.1 Å². The number of esters is 1. The van der Waals surface area contributed by atoms with Gasteiger partial charge in [-0.15, -0.1) is 0 Å². The molecule has 3 rings (SSSR count). The number of aromatic nitrogens is 4. The van der Waals surface area contributed by atoms with Gasteiger partial charge in [-0.3, -0.25) is 4.79 Å². The Morgan fingerprint density at radius 3 is 2.48 bits per heavy atom. The van der Waals surface area contributed by atoms with Crippen molar-refractivity contribution >= 4 is 17.7 Å². The van der Waals surface area contributed by atoms with Gasteiger partial charge < -0.3 is 14.8 Å². The van der Waals surface area contributed by atoms with E-state index in [4.69, 9.17) is 14.7 Å². The van der Waals surface area contributed by atoms with Crippen molar-refractivity contribution in [3.8, 4) is 17.8 Å². The number of nitrogens with one attached hydrogen (secondary N) is 1. The Morgan fingerprint density at radius 1 is 1.06 bits per heavy atom. The van der Waals surface area contributed by atoms with Gasteiger partial charge in [-0.2, -0.15) is 15.0 Å². The number of ether oxygens (including phenoxy) is 2. The number of nitrogens with zero attached hydrogens (tertiary/aromatic N) is 5. The first-order chi connectivity index (χ1) is 14.9. The van der Waals surface area contributed by atoms with Crippen LogP contribution < -0.4 is 10.1 Å². The Bertz CT molecular complexity index is 1140. The van der Waals surface area contributed by atoms with Gasteiger partial charge in [0.05, 0.1) is 11.3 Å². The number of hydrogen-bond acceptors (Lipinski definition) is 8. The first-order valence-corrected chi connectivity index (χ1v) is 9.32. The molecule has 0 fully saturated rings. The molecule has 10 nitrogen and oxygen atoms in total. The molecule has 10 heteroatoms. The summed E-state index contributed by atoms with van der Waals surface area (Å²) in [6, 6.07) is 11.9. The molecule has 158 valence electrons. The van der Waals surface area contributed by atoms with E-state index in [9.17, 15) is 9.59 Å². The van der Waals surface area contributed by atoms with Crippen molar-refractivity contribution in [3.05, 3.63) is 59.0 Å². The van der Waals surface area contributed by atoms with Gasteiger partial charge in [-0.05, 0) is 39.0 Å². The molecule has 0 unspecified atom stereocenters. The highest BCUT2D eigenvalue weighted by molar-refractivity contribution is 5.92. The lowest BCUT2D eigenvalue weighted by molar-refractivity contribution is -0.149. The number of hydrogen-bond donors (Lipinski definition) is 1. The summed E-state index contributed by atoms with van der Waals surface area (Å²) in [6.45, 7) is 4.50. The average Bonchev–Trinajstić information content (AvgIpc) is 3.10. The van der Waals surface area contributed by atoms with Crippen molar-refractivity contribution in [3.63, 3.8) is 0 Å². The van der Waals surface area contributed by atoms with Crippen LogP contribution in [0.25, 0.3) is 5.95 Å². The van der Waals surface area contributed by atoms with E-state index in [-0.39, 0.29) is 5.75 Å². The maximum atomic E-state index is 12.3. The van der Waals surface area contributed by atoms with Crippen LogP contribution in [0.1, 0.15) is 22.6 Å². The Hall–Kier alpha value is -4.26. The Labute approximate surface area is 178 Å². The molecule has 31 heavy (non-hydrogen) atoms. The van der Waals surface area contributed by atoms with Crippen molar-refractivity contribution in [1.29, 1.82) is 5.26 Å². The van der Waals surface area contributed by atoms with E-state index in [0.29, 0.717) is 23.0 Å². The summed E-state index contributed by atoms with van der Waals surface area (Å²) >= 11 is 0. The van der Waals surface area contributed by atoms with E-state index < -0.39 is 25.1 Å². The number of carbonyl (C=O) groups excluding carboxylic acids is 2. The normalized spacial score (nSPS) is 10.3. The van der Waals surface area contributed by atoms with Crippen LogP contribution in [0.5, 0.6) is 5.75 Å². The molecule has 2 heterocycles. The largest absolute Gasteiger partial charge is 0.481 e. The Morgan fingerprint density at radius 2 is 1.77 bits per heavy atom. The monoisotopic (exact) mass is 420 g/mol. The number of rotatable bonds is 7. The van der Waals surface area contributed by atoms with Gasteiger partial charge in [0.2, 0.25) is 0 Å². The van der Waals surface area contributed by atoms with Crippen molar-refractivity contribution < 1.29 is 19.1 Å². The average molecular weight is 420 g/mol. The summed E-state index contributed by atoms with van der Waals surface area (Å²) in [4.78, 5) is 32.8. The molecule has 0 aliphatic rings. The summed E-state index contributed by atoms with van der Waals surface area (Å²) in [7, 11) is 0. The van der Waals surface area contributed by atoms with Gasteiger partial charge in [0.25, 0.3) is 11.9 Å². The number of amides is 1. The first-order valence-electron chi connectivity index (χ1n) is 9.32. The van der Waals surface area contributed by atoms with E-state index in [0.717, 1.165) is 11.4 Å². The summed E-state index contributed by atoms with van der Waals surface area (Å²) in [5, 5.41) is 16.0. The van der Waals surface area contributed by atoms with Gasteiger partial charge in [0.1, 0.15) is 17.6 Å². The molecule has 1 aromatic carbocycles. The van der Waals surface area contributed by atoms with E-state index in [1.165, 1.54) is 4.68 Å². The fourth-order valence-electron chi connectivity index (χ4n) is 2.73. The van der Waals surface area contributed by atoms with E-state index in [1.54, 1.807) is 37.3 Å². The maximum Gasteiger partial charge on any atom is 0.344 e. The molecule has 0 bridgehead atoms. The van der Waals surface area contributed by atoms with Crippen LogP contribution in [-0.4, -0.2) is 44.8 Å². The lowest BCUT2D eigenvalue weighted by Crippen LogP contribution is -2.25. The lowest BCUT2D eigenvalue weighted by Gasteiger charge is -2.10. The highest BCUT2D eigenvalue weighted by Crippen LogP contribution is 2.17. The molecular weight excluding hydrogens is 400 g/mol. The topological polar surface area (TPSA) is 132 Å². The summed E-state index contributed by atoms with van der Waals surface area (Å²) in [5.41, 5.74) is 2.48. The minimum Gasteiger partial charge on any atom is -0.481 e. The van der Waals surface area contributed by atoms with Crippen LogP contribution in [-0.2, 0) is 14.3 Å². The molecule has 1 amide bonds. The number of carbonyl (C=O) groups is 2. The predicted octanol–water partition coefficient (Wildman–Crippen LogP) is 2.02. The molecule has 0 aliphatic carbocycles. The van der Waals surface area contributed by atoms with E-state index in [2.05, 4.69) is 20.4 Å². The zero-order chi connectivity index (χ0) is 22.4. The van der Waals surface area contributed by atoms with Gasteiger partial charge in [-0.1, -0.05) is 12.1 Å². The van der Waals surface area contributed by atoms with Crippen molar-refractivity contribution in [2.45, 2.75) is 20.8 Å². The lowest BCUT2D eigenvalue weighted by atomic mass is 10.2. The van der Waals surface area contributed by atoms with E-state index >= 15 is 0 Å². The summed E-state index contributed by atoms with van der Waals surface area (Å²) in [5.74, 6) is -0.369. The third-order valence-electron chi connectivity index (χ3n) is 3.98. The minimum atomic E-state index is -0.745. The van der Waals surface area contributed by atoms with Crippen LogP contribution in [0.3, 0.4) is 0 Å². The third-order valence-corrected chi connectivity index (χ3v) is 3.98. The summed E-state index contributed by atoms with van der Waals surface area (Å²) < 4.78 is 11.6. The van der Waals surface area contributed by atoms with Crippen LogP contribution in [0.2, 0.25) is 0 Å². The van der Waals surface area contributed by atoms with Crippen LogP contribution in [0.4, 0.5) is 5.82 Å². The second-order valence-electron chi connectivity index (χ2n) is 6.64. The fraction of sp³-hybridized carbons (Fsp3) is 0.238. The molecule has 0 saturated carbocycles. The molecule has 1 N–H and O–H groups in total. The standard InChI is InChI=1S/C21H20N6O4/c1-13-8-14(2)24-21(23-13)27-18(9-15(3)26-27)25-19(28)11-31-20(29)12-30-17-7-5-4-6-16(17)10-22/h4-9H,11-12H2,1-3H3,(H,25,28). The maximum absolute atomic E-state index is 12.3. The molecule has 0 radical (unpaired) electrons. The van der Waals surface area contributed by atoms with Gasteiger partial charge in [0, 0.05) is 17.5 Å². The quantitative estimate of drug-likeness (QED) is 0.574. The second kappa shape index (κ2) is 9.49. The SMILES string of the molecule is Cc1cc(C)nc(-n2nc(C)cc2NC(=O)COC(=O)COc2ccccc2C#N)n1. The first kappa shape index (κ1) is 21.4. The predicted molar refractivity (Wildman–Crippen MR) is 110 cm³/mol. The number of para-hydroxylation sites is 1. The van der Waals surface area contributed by atoms with Gasteiger partial charge in [0.15, 0.2) is 13.2 Å². The molecule has 0 spiro atoms. The third kappa shape index (κ3) is 5.63. The molecule has 0 saturated heterocycles. The fourth-order valence-corrected chi connectivity index (χ4v) is 2.73. The van der Waals surface area contributed by atoms with Crippen molar-refractivity contribution in [1.82, 2.24) is 19.7 Å². The van der Waals surface area contributed by atoms with Crippen molar-refractivity contribution in [2.24, 2.45) is 0 Å². The van der Waals surface area contributed by atoms with Crippen LogP contribution >= 0.6 is 0 Å². The molecule has 2 aromatic heterocycles. The van der Waals surface area contributed by atoms with Crippen molar-refractivity contribution in [2.75, 3.05) is 18.5 Å². The van der Waals surface area contributed by atoms with E-state index in [1.807, 2.05) is 26.0 Å². The summed E-state index contributed by atoms with van der Waals surface area (Å²) in [6.07, 6.45) is 0. The Kier molecular flexibility index (Phi) is 6.57. The zero-order valence-electron chi connectivity index (χ0n) is 17.2. The highest BCUT2D eigenvalue weighted by Gasteiger charge is 2.15. The number of anilines is 1. The molecule has 0 aliphatic heterocycles. The Balaban J connectivity index is 1.58. The van der Waals surface area contributed by atoms with Gasteiger partial charge >= 0.3 is 5.97 Å². The molecule has 0 atom stereocenters. The molecule has 3 aromatic rings. The second-order valence-corrected chi connectivity index (χ2v) is 6.64. The number of aryl methyl sites for hydroxylation is 3. The molecular formula is C21H20N6O4. The number of benzene rings is 1. The smallest absolute Gasteiger partial charge is 0.344 e. The highest BCUT2D eigenvalue weighted by atomic mass is 16.6. The van der Waals surface area contributed by atoms with Crippen LogP contribution in [0.15, 0.2) is 36.4 Å². The zero-order valence-corrected chi connectivity index (χ0v) is 17.2.